The first-order valence-corrected chi connectivity index (χ1v) is 9.23. The molecular weight excluding hydrogens is 368 g/mol. The number of nitrogens with one attached hydrogen (secondary N) is 1. The van der Waals surface area contributed by atoms with Crippen molar-refractivity contribution in [3.8, 4) is 11.5 Å². The second-order valence-electron chi connectivity index (χ2n) is 6.50. The van der Waals surface area contributed by atoms with Crippen LogP contribution < -0.4 is 14.8 Å². The van der Waals surface area contributed by atoms with Crippen molar-refractivity contribution in [1.82, 2.24) is 10.3 Å². The summed E-state index contributed by atoms with van der Waals surface area (Å²) in [7, 11) is 1.41. The van der Waals surface area contributed by atoms with Crippen LogP contribution in [0.25, 0.3) is 0 Å². The molecule has 2 atom stereocenters. The zero-order valence-corrected chi connectivity index (χ0v) is 16.4. The van der Waals surface area contributed by atoms with Crippen LogP contribution in [0.1, 0.15) is 56.4 Å². The topological polar surface area (TPSA) is 113 Å². The largest absolute Gasteiger partial charge is 0.493 e. The summed E-state index contributed by atoms with van der Waals surface area (Å²) >= 11 is 0. The molecule has 9 nitrogen and oxygen atoms in total. The van der Waals surface area contributed by atoms with Crippen LogP contribution in [0.2, 0.25) is 0 Å². The third-order valence-electron chi connectivity index (χ3n) is 4.28. The third-order valence-corrected chi connectivity index (χ3v) is 4.28. The molecule has 1 unspecified atom stereocenters. The highest BCUT2D eigenvalue weighted by Crippen LogP contribution is 2.29. The molecule has 1 saturated heterocycles. The molecule has 2 heterocycles. The number of cyclic esters (lactones) is 1. The number of ether oxygens (including phenoxy) is 4. The molecule has 1 amide bonds. The minimum atomic E-state index is -0.776. The lowest BCUT2D eigenvalue weighted by molar-refractivity contribution is -0.151. The molecule has 154 valence electrons. The summed E-state index contributed by atoms with van der Waals surface area (Å²) in [5.74, 6) is -1.33. The molecule has 2 rings (SSSR count). The fourth-order valence-electron chi connectivity index (χ4n) is 2.84. The number of carbonyl (C=O) groups is 3. The molecule has 28 heavy (non-hydrogen) atoms. The summed E-state index contributed by atoms with van der Waals surface area (Å²) in [5.41, 5.74) is -0.0766. The van der Waals surface area contributed by atoms with Crippen LogP contribution in [0.5, 0.6) is 11.5 Å². The zero-order chi connectivity index (χ0) is 20.5. The minimum absolute atomic E-state index is 0.0218. The Balaban J connectivity index is 2.17. The molecular formula is C19H26N2O7. The van der Waals surface area contributed by atoms with Gasteiger partial charge in [-0.3, -0.25) is 9.59 Å². The van der Waals surface area contributed by atoms with E-state index in [1.54, 1.807) is 0 Å². The van der Waals surface area contributed by atoms with Crippen molar-refractivity contribution in [1.29, 1.82) is 0 Å². The van der Waals surface area contributed by atoms with E-state index >= 15 is 0 Å². The first kappa shape index (κ1) is 21.5. The number of pyridine rings is 1. The monoisotopic (exact) mass is 394 g/mol. The first-order chi connectivity index (χ1) is 13.4. The van der Waals surface area contributed by atoms with E-state index in [1.165, 1.54) is 26.3 Å². The van der Waals surface area contributed by atoms with Gasteiger partial charge >= 0.3 is 11.9 Å². The van der Waals surface area contributed by atoms with Crippen molar-refractivity contribution >= 4 is 17.8 Å². The van der Waals surface area contributed by atoms with Gasteiger partial charge in [-0.25, -0.2) is 9.78 Å². The van der Waals surface area contributed by atoms with E-state index < -0.39 is 30.7 Å². The standard InChI is InChI=1S/C19H26N2O7/c1-12-7-5-4-6-8-14(19(24)28-12)21-18(23)16-17(27-11-26-13(2)22)15(25-3)9-10-20-16/h9-10,12,14H,4-8,11H2,1-3H3,(H,21,23)/t12?,14-/m0/s1. The summed E-state index contributed by atoms with van der Waals surface area (Å²) in [5, 5.41) is 2.67. The zero-order valence-electron chi connectivity index (χ0n) is 16.4. The number of carbonyl (C=O) groups excluding carboxylic acids is 3. The summed E-state index contributed by atoms with van der Waals surface area (Å²) < 4.78 is 20.7. The Morgan fingerprint density at radius 2 is 2.04 bits per heavy atom. The van der Waals surface area contributed by atoms with Crippen LogP contribution in [-0.4, -0.2) is 48.9 Å². The van der Waals surface area contributed by atoms with Crippen molar-refractivity contribution in [3.63, 3.8) is 0 Å². The average molecular weight is 394 g/mol. The Bertz CT molecular complexity index is 708. The van der Waals surface area contributed by atoms with Crippen LogP contribution in [-0.2, 0) is 19.1 Å². The molecule has 1 aromatic heterocycles. The van der Waals surface area contributed by atoms with Crippen molar-refractivity contribution in [3.05, 3.63) is 18.0 Å². The van der Waals surface area contributed by atoms with Crippen LogP contribution in [0, 0.1) is 0 Å². The van der Waals surface area contributed by atoms with Crippen molar-refractivity contribution < 1.29 is 33.3 Å². The fraction of sp³-hybridized carbons (Fsp3) is 0.579. The van der Waals surface area contributed by atoms with Gasteiger partial charge in [-0.1, -0.05) is 12.8 Å². The van der Waals surface area contributed by atoms with Gasteiger partial charge in [-0.2, -0.15) is 0 Å². The Kier molecular flexibility index (Phi) is 8.03. The van der Waals surface area contributed by atoms with Gasteiger partial charge in [-0.15, -0.1) is 0 Å². The Morgan fingerprint density at radius 1 is 1.29 bits per heavy atom. The number of aromatic nitrogens is 1. The molecule has 9 heteroatoms. The summed E-state index contributed by atoms with van der Waals surface area (Å²) in [6.07, 6.45) is 5.21. The van der Waals surface area contributed by atoms with Gasteiger partial charge in [0.1, 0.15) is 6.04 Å². The first-order valence-electron chi connectivity index (χ1n) is 9.23. The van der Waals surface area contributed by atoms with E-state index in [0.717, 1.165) is 25.7 Å². The highest BCUT2D eigenvalue weighted by Gasteiger charge is 2.28. The highest BCUT2D eigenvalue weighted by atomic mass is 16.7. The van der Waals surface area contributed by atoms with Crippen LogP contribution >= 0.6 is 0 Å². The van der Waals surface area contributed by atoms with Gasteiger partial charge in [0, 0.05) is 19.2 Å². The molecule has 1 fully saturated rings. The third kappa shape index (κ3) is 6.11. The van der Waals surface area contributed by atoms with Gasteiger partial charge in [-0.05, 0) is 26.2 Å². The number of rotatable bonds is 6. The van der Waals surface area contributed by atoms with Gasteiger partial charge in [0.25, 0.3) is 5.91 Å². The average Bonchev–Trinajstić information content (AvgIpc) is 2.72. The number of nitrogens with zero attached hydrogens (tertiary/aromatic N) is 1. The van der Waals surface area contributed by atoms with E-state index in [0.29, 0.717) is 6.42 Å². The van der Waals surface area contributed by atoms with Crippen LogP contribution in [0.15, 0.2) is 12.3 Å². The predicted octanol–water partition coefficient (Wildman–Crippen LogP) is 1.98. The van der Waals surface area contributed by atoms with Gasteiger partial charge in [0.2, 0.25) is 6.79 Å². The van der Waals surface area contributed by atoms with Crippen LogP contribution in [0.3, 0.4) is 0 Å². The maximum Gasteiger partial charge on any atom is 0.328 e. The summed E-state index contributed by atoms with van der Waals surface area (Å²) in [6, 6.07) is 0.734. The quantitative estimate of drug-likeness (QED) is 0.576. The highest BCUT2D eigenvalue weighted by molar-refractivity contribution is 5.98. The molecule has 0 spiro atoms. The molecule has 0 aromatic carbocycles. The fourth-order valence-corrected chi connectivity index (χ4v) is 2.84. The Hall–Kier alpha value is -2.84. The summed E-state index contributed by atoms with van der Waals surface area (Å²) in [4.78, 5) is 40.1. The lowest BCUT2D eigenvalue weighted by Gasteiger charge is -2.19. The van der Waals surface area contributed by atoms with Gasteiger partial charge < -0.3 is 24.3 Å². The second kappa shape index (κ2) is 10.5. The predicted molar refractivity (Wildman–Crippen MR) is 97.9 cm³/mol. The Labute approximate surface area is 163 Å². The molecule has 1 N–H and O–H groups in total. The van der Waals surface area contributed by atoms with Crippen molar-refractivity contribution in [2.24, 2.45) is 0 Å². The normalized spacial score (nSPS) is 20.0. The lowest BCUT2D eigenvalue weighted by Crippen LogP contribution is -2.43. The number of hydrogen-bond donors (Lipinski definition) is 1. The molecule has 0 aliphatic carbocycles. The Morgan fingerprint density at radius 3 is 2.75 bits per heavy atom. The minimum Gasteiger partial charge on any atom is -0.493 e. The molecule has 0 radical (unpaired) electrons. The van der Waals surface area contributed by atoms with Gasteiger partial charge in [0.05, 0.1) is 13.2 Å². The number of hydrogen-bond acceptors (Lipinski definition) is 8. The molecule has 0 saturated carbocycles. The number of amides is 1. The molecule has 1 aliphatic heterocycles. The van der Waals surface area contributed by atoms with E-state index in [9.17, 15) is 14.4 Å². The lowest BCUT2D eigenvalue weighted by atomic mass is 10.1. The number of esters is 2. The molecule has 1 aromatic rings. The van der Waals surface area contributed by atoms with E-state index in [2.05, 4.69) is 10.3 Å². The SMILES string of the molecule is COc1ccnc(C(=O)N[C@H]2CCCCCC(C)OC2=O)c1OCOC(C)=O. The van der Waals surface area contributed by atoms with E-state index in [-0.39, 0.29) is 23.3 Å². The summed E-state index contributed by atoms with van der Waals surface area (Å²) in [6.45, 7) is 2.68. The second-order valence-corrected chi connectivity index (χ2v) is 6.50. The van der Waals surface area contributed by atoms with E-state index in [1.807, 2.05) is 6.92 Å². The van der Waals surface area contributed by atoms with E-state index in [4.69, 9.17) is 18.9 Å². The molecule has 1 aliphatic rings. The van der Waals surface area contributed by atoms with Gasteiger partial charge in [0.15, 0.2) is 17.2 Å². The van der Waals surface area contributed by atoms with Crippen molar-refractivity contribution in [2.75, 3.05) is 13.9 Å². The number of methoxy groups -OCH3 is 1. The maximum atomic E-state index is 12.8. The maximum absolute atomic E-state index is 12.8. The van der Waals surface area contributed by atoms with Crippen LogP contribution in [0.4, 0.5) is 0 Å². The smallest absolute Gasteiger partial charge is 0.328 e. The molecule has 0 bridgehead atoms. The van der Waals surface area contributed by atoms with Crippen molar-refractivity contribution in [2.45, 2.75) is 58.1 Å².